The molecule has 0 aliphatic rings. The van der Waals surface area contributed by atoms with Crippen LogP contribution >= 0.6 is 0 Å². The van der Waals surface area contributed by atoms with Gasteiger partial charge in [-0.2, -0.15) is 0 Å². The molecule has 6 heteroatoms. The predicted molar refractivity (Wildman–Crippen MR) is 334 cm³/mol. The molecule has 0 spiro atoms. The molecule has 0 bridgehead atoms. The van der Waals surface area contributed by atoms with Crippen molar-refractivity contribution >= 4 is 17.9 Å². The number of rotatable bonds is 52. The van der Waals surface area contributed by atoms with E-state index in [2.05, 4.69) is 203 Å². The van der Waals surface area contributed by atoms with Gasteiger partial charge in [-0.1, -0.05) is 248 Å². The van der Waals surface area contributed by atoms with Crippen molar-refractivity contribution in [3.8, 4) is 0 Å². The number of carbonyl (C=O) groups excluding carboxylic acids is 3. The molecule has 0 amide bonds. The highest BCUT2D eigenvalue weighted by Crippen LogP contribution is 2.12. The molecule has 0 aliphatic heterocycles. The predicted octanol–water partition coefficient (Wildman–Crippen LogP) is 20.9. The van der Waals surface area contributed by atoms with Gasteiger partial charge in [-0.3, -0.25) is 14.4 Å². The van der Waals surface area contributed by atoms with E-state index < -0.39 is 6.10 Å². The van der Waals surface area contributed by atoms with E-state index >= 15 is 0 Å². The summed E-state index contributed by atoms with van der Waals surface area (Å²) in [5, 5.41) is 0. The standard InChI is InChI=1S/C71H108O6/c1-4-7-10-13-16-18-20-22-24-26-28-29-30-31-32-33-34-35-36-37-38-39-40-41-43-44-46-48-50-52-55-58-61-64-70(73)76-67-68(66-75-69(72)63-60-57-54-15-12-9-6-3)77-71(74)65-62-59-56-53-51-49-47-45-42-27-25-23-21-19-17-14-11-8-5-2/h7-8,10-11,16-19,22-25,28-29,31-32,34-35,37-38,40-42,44-46,49-52,68H,4-6,9,12-15,20-21,26-27,30,33,36,39,43,47-48,53-67H2,1-3H3/b10-7-,11-8-,18-16-,19-17-,24-22-,25-23-,29-28-,32-31-,35-34-,38-37-,41-40-,45-42-,46-44-,51-49-,52-50-. The van der Waals surface area contributed by atoms with Gasteiger partial charge in [0.1, 0.15) is 13.2 Å². The molecule has 0 aromatic heterocycles. The Hall–Kier alpha value is -5.49. The fourth-order valence-electron chi connectivity index (χ4n) is 7.44. The molecule has 0 rings (SSSR count). The lowest BCUT2D eigenvalue weighted by Gasteiger charge is -2.18. The second kappa shape index (κ2) is 63.0. The highest BCUT2D eigenvalue weighted by atomic mass is 16.6. The molecule has 0 fully saturated rings. The summed E-state index contributed by atoms with van der Waals surface area (Å²) < 4.78 is 16.7. The van der Waals surface area contributed by atoms with Crippen molar-refractivity contribution in [1.29, 1.82) is 0 Å². The summed E-state index contributed by atoms with van der Waals surface area (Å²) in [6.07, 6.45) is 94.9. The van der Waals surface area contributed by atoms with Gasteiger partial charge in [-0.25, -0.2) is 0 Å². The average molecular weight is 1060 g/mol. The van der Waals surface area contributed by atoms with Crippen LogP contribution < -0.4 is 0 Å². The Labute approximate surface area is 472 Å². The van der Waals surface area contributed by atoms with Crippen LogP contribution in [-0.4, -0.2) is 37.2 Å². The van der Waals surface area contributed by atoms with Crippen LogP contribution in [-0.2, 0) is 28.6 Å². The number of carbonyl (C=O) groups is 3. The Morgan fingerprint density at radius 3 is 0.818 bits per heavy atom. The molecule has 0 saturated carbocycles. The van der Waals surface area contributed by atoms with Crippen molar-refractivity contribution in [2.45, 2.75) is 232 Å². The van der Waals surface area contributed by atoms with Crippen molar-refractivity contribution in [1.82, 2.24) is 0 Å². The molecule has 0 heterocycles. The van der Waals surface area contributed by atoms with Crippen molar-refractivity contribution in [2.24, 2.45) is 0 Å². The molecule has 0 aromatic carbocycles. The van der Waals surface area contributed by atoms with Crippen LogP contribution in [0.4, 0.5) is 0 Å². The van der Waals surface area contributed by atoms with Crippen LogP contribution in [0, 0.1) is 0 Å². The van der Waals surface area contributed by atoms with Gasteiger partial charge >= 0.3 is 17.9 Å². The first-order valence-electron chi connectivity index (χ1n) is 30.3. The number of allylic oxidation sites excluding steroid dienone is 30. The third-order valence-corrected chi connectivity index (χ3v) is 11.9. The monoisotopic (exact) mass is 1060 g/mol. The van der Waals surface area contributed by atoms with E-state index in [-0.39, 0.29) is 44.0 Å². The first kappa shape index (κ1) is 71.5. The third kappa shape index (κ3) is 61.2. The van der Waals surface area contributed by atoms with Gasteiger partial charge in [-0.15, -0.1) is 0 Å². The van der Waals surface area contributed by atoms with E-state index in [1.807, 2.05) is 0 Å². The van der Waals surface area contributed by atoms with Crippen LogP contribution in [0.15, 0.2) is 182 Å². The van der Waals surface area contributed by atoms with Crippen LogP contribution in [0.25, 0.3) is 0 Å². The molecular weight excluding hydrogens is 949 g/mol. The summed E-state index contributed by atoms with van der Waals surface area (Å²) in [6.45, 7) is 6.28. The fourth-order valence-corrected chi connectivity index (χ4v) is 7.44. The van der Waals surface area contributed by atoms with E-state index in [4.69, 9.17) is 14.2 Å². The number of ether oxygens (including phenoxy) is 3. The van der Waals surface area contributed by atoms with Gasteiger partial charge < -0.3 is 14.2 Å². The SMILES string of the molecule is CC/C=C\C/C=C\C/C=C\C/C=C\C/C=C\C/C=C\C/C=C\C/C=C\C/C=C\C/C=C\CCCCC(=O)OCC(COC(=O)CCCCCCCCC)OC(=O)CCCCC/C=C\C/C=C\C/C=C\C/C=C\C/C=C\CC. The van der Waals surface area contributed by atoms with Crippen molar-refractivity contribution in [3.63, 3.8) is 0 Å². The van der Waals surface area contributed by atoms with Crippen molar-refractivity contribution in [3.05, 3.63) is 182 Å². The first-order chi connectivity index (χ1) is 38.0. The molecule has 6 nitrogen and oxygen atoms in total. The number of unbranched alkanes of at least 4 members (excludes halogenated alkanes) is 11. The maximum Gasteiger partial charge on any atom is 0.306 e. The first-order valence-corrected chi connectivity index (χ1v) is 30.3. The molecule has 0 aromatic rings. The molecule has 1 unspecified atom stereocenters. The minimum Gasteiger partial charge on any atom is -0.462 e. The molecular formula is C71H108O6. The van der Waals surface area contributed by atoms with Gasteiger partial charge in [0.2, 0.25) is 0 Å². The van der Waals surface area contributed by atoms with Crippen LogP contribution in [0.3, 0.4) is 0 Å². The number of hydrogen-bond acceptors (Lipinski definition) is 6. The van der Waals surface area contributed by atoms with Gasteiger partial charge in [0.15, 0.2) is 6.10 Å². The molecule has 77 heavy (non-hydrogen) atoms. The molecule has 0 aliphatic carbocycles. The topological polar surface area (TPSA) is 78.9 Å². The molecule has 0 saturated heterocycles. The maximum absolute atomic E-state index is 12.8. The summed E-state index contributed by atoms with van der Waals surface area (Å²) in [6, 6.07) is 0. The molecule has 0 radical (unpaired) electrons. The lowest BCUT2D eigenvalue weighted by molar-refractivity contribution is -0.167. The zero-order chi connectivity index (χ0) is 55.7. The average Bonchev–Trinajstić information content (AvgIpc) is 3.43. The highest BCUT2D eigenvalue weighted by molar-refractivity contribution is 5.71. The largest absolute Gasteiger partial charge is 0.462 e. The Balaban J connectivity index is 4.33. The Morgan fingerprint density at radius 2 is 0.506 bits per heavy atom. The lowest BCUT2D eigenvalue weighted by Crippen LogP contribution is -2.30. The minimum absolute atomic E-state index is 0.113. The normalized spacial score (nSPS) is 13.4. The molecule has 1 atom stereocenters. The zero-order valence-electron chi connectivity index (χ0n) is 48.9. The van der Waals surface area contributed by atoms with E-state index in [9.17, 15) is 14.4 Å². The van der Waals surface area contributed by atoms with Crippen molar-refractivity contribution < 1.29 is 28.6 Å². The summed E-state index contributed by atoms with van der Waals surface area (Å²) in [4.78, 5) is 38.0. The van der Waals surface area contributed by atoms with Gasteiger partial charge in [-0.05, 0) is 141 Å². The number of hydrogen-bond donors (Lipinski definition) is 0. The zero-order valence-corrected chi connectivity index (χ0v) is 48.9. The smallest absolute Gasteiger partial charge is 0.306 e. The van der Waals surface area contributed by atoms with Crippen molar-refractivity contribution in [2.75, 3.05) is 13.2 Å². The molecule has 428 valence electrons. The highest BCUT2D eigenvalue weighted by Gasteiger charge is 2.19. The summed E-state index contributed by atoms with van der Waals surface area (Å²) >= 11 is 0. The van der Waals surface area contributed by atoms with Gasteiger partial charge in [0, 0.05) is 19.3 Å². The fraction of sp³-hybridized carbons (Fsp3) is 0.535. The van der Waals surface area contributed by atoms with E-state index in [1.165, 1.54) is 25.7 Å². The van der Waals surface area contributed by atoms with Gasteiger partial charge in [0.25, 0.3) is 0 Å². The summed E-state index contributed by atoms with van der Waals surface area (Å²) in [7, 11) is 0. The Bertz CT molecular complexity index is 1840. The van der Waals surface area contributed by atoms with Gasteiger partial charge in [0.05, 0.1) is 0 Å². The Kier molecular flexibility index (Phi) is 58.6. The quantitative estimate of drug-likeness (QED) is 0.0261. The second-order valence-corrected chi connectivity index (χ2v) is 19.1. The minimum atomic E-state index is -0.821. The van der Waals surface area contributed by atoms with Crippen LogP contribution in [0.1, 0.15) is 226 Å². The number of esters is 3. The maximum atomic E-state index is 12.8. The third-order valence-electron chi connectivity index (χ3n) is 11.9. The second-order valence-electron chi connectivity index (χ2n) is 19.1. The Morgan fingerprint density at radius 1 is 0.273 bits per heavy atom. The molecule has 0 N–H and O–H groups in total. The van der Waals surface area contributed by atoms with Crippen LogP contribution in [0.2, 0.25) is 0 Å². The van der Waals surface area contributed by atoms with E-state index in [1.54, 1.807) is 0 Å². The lowest BCUT2D eigenvalue weighted by atomic mass is 10.1. The van der Waals surface area contributed by atoms with E-state index in [0.717, 1.165) is 148 Å². The summed E-state index contributed by atoms with van der Waals surface area (Å²) in [5.74, 6) is -1.01. The van der Waals surface area contributed by atoms with E-state index in [0.29, 0.717) is 19.3 Å². The summed E-state index contributed by atoms with van der Waals surface area (Å²) in [5.41, 5.74) is 0. The van der Waals surface area contributed by atoms with Crippen LogP contribution in [0.5, 0.6) is 0 Å².